The van der Waals surface area contributed by atoms with Crippen LogP contribution in [0.15, 0.2) is 42.9 Å². The summed E-state index contributed by atoms with van der Waals surface area (Å²) >= 11 is 0. The molecule has 1 fully saturated rings. The summed E-state index contributed by atoms with van der Waals surface area (Å²) in [4.78, 5) is 42.5. The van der Waals surface area contributed by atoms with Gasteiger partial charge in [0.05, 0.1) is 12.0 Å². The number of hydrogen-bond acceptors (Lipinski definition) is 7. The molecule has 10 heteroatoms. The quantitative estimate of drug-likeness (QED) is 0.467. The Morgan fingerprint density at radius 1 is 1.18 bits per heavy atom. The lowest BCUT2D eigenvalue weighted by atomic mass is 10.1. The van der Waals surface area contributed by atoms with Crippen molar-refractivity contribution in [1.29, 1.82) is 0 Å². The third-order valence-electron chi connectivity index (χ3n) is 5.78. The SMILES string of the molecule is CC(=O)NCCN(c1cccc(C(=O)N2CCN(CCO)CC2)c1)c1ncnc2[nH]ccc12. The molecule has 3 heterocycles. The van der Waals surface area contributed by atoms with E-state index in [0.29, 0.717) is 44.1 Å². The van der Waals surface area contributed by atoms with Gasteiger partial charge in [-0.2, -0.15) is 0 Å². The van der Waals surface area contributed by atoms with Crippen molar-refractivity contribution in [1.82, 2.24) is 30.1 Å². The molecule has 0 radical (unpaired) electrons. The second-order valence-electron chi connectivity index (χ2n) is 7.98. The number of carbonyl (C=O) groups is 2. The Bertz CT molecular complexity index is 1110. The van der Waals surface area contributed by atoms with Gasteiger partial charge < -0.3 is 25.2 Å². The van der Waals surface area contributed by atoms with Gasteiger partial charge in [0.2, 0.25) is 5.91 Å². The number of aromatic amines is 1. The molecule has 4 rings (SSSR count). The number of aliphatic hydroxyl groups is 1. The van der Waals surface area contributed by atoms with Crippen LogP contribution in [-0.4, -0.2) is 94.1 Å². The fourth-order valence-electron chi connectivity index (χ4n) is 4.08. The lowest BCUT2D eigenvalue weighted by molar-refractivity contribution is -0.118. The number of piperazine rings is 1. The minimum absolute atomic E-state index is 0.0169. The van der Waals surface area contributed by atoms with Crippen molar-refractivity contribution in [2.24, 2.45) is 0 Å². The van der Waals surface area contributed by atoms with Crippen molar-refractivity contribution in [2.75, 3.05) is 57.3 Å². The summed E-state index contributed by atoms with van der Waals surface area (Å²) < 4.78 is 0. The highest BCUT2D eigenvalue weighted by molar-refractivity contribution is 5.96. The maximum atomic E-state index is 13.2. The highest BCUT2D eigenvalue weighted by Gasteiger charge is 2.23. The maximum absolute atomic E-state index is 13.2. The summed E-state index contributed by atoms with van der Waals surface area (Å²) in [6.07, 6.45) is 3.31. The molecule has 10 nitrogen and oxygen atoms in total. The largest absolute Gasteiger partial charge is 0.395 e. The van der Waals surface area contributed by atoms with E-state index in [1.807, 2.05) is 46.3 Å². The normalized spacial score (nSPS) is 14.4. The summed E-state index contributed by atoms with van der Waals surface area (Å²) in [5.74, 6) is 0.583. The Balaban J connectivity index is 1.59. The molecular weight excluding hydrogens is 422 g/mol. The molecule has 1 aliphatic heterocycles. The second kappa shape index (κ2) is 10.4. The fourth-order valence-corrected chi connectivity index (χ4v) is 4.08. The molecule has 0 spiro atoms. The van der Waals surface area contributed by atoms with Crippen molar-refractivity contribution in [3.8, 4) is 0 Å². The molecule has 0 unspecified atom stereocenters. The summed E-state index contributed by atoms with van der Waals surface area (Å²) in [6, 6.07) is 9.41. The molecule has 33 heavy (non-hydrogen) atoms. The first-order chi connectivity index (χ1) is 16.1. The van der Waals surface area contributed by atoms with Gasteiger partial charge >= 0.3 is 0 Å². The maximum Gasteiger partial charge on any atom is 0.254 e. The van der Waals surface area contributed by atoms with E-state index in [1.54, 1.807) is 0 Å². The van der Waals surface area contributed by atoms with Crippen molar-refractivity contribution in [3.05, 3.63) is 48.4 Å². The molecule has 0 atom stereocenters. The lowest BCUT2D eigenvalue weighted by Crippen LogP contribution is -2.49. The van der Waals surface area contributed by atoms with Gasteiger partial charge in [-0.15, -0.1) is 0 Å². The average molecular weight is 452 g/mol. The monoisotopic (exact) mass is 451 g/mol. The summed E-state index contributed by atoms with van der Waals surface area (Å²) in [6.45, 7) is 5.91. The summed E-state index contributed by atoms with van der Waals surface area (Å²) in [5.41, 5.74) is 2.14. The zero-order valence-corrected chi connectivity index (χ0v) is 18.7. The number of β-amino-alcohol motifs (C(OH)–C–C–N with tert-alkyl or cyclic N) is 1. The van der Waals surface area contributed by atoms with E-state index in [-0.39, 0.29) is 18.4 Å². The molecule has 2 amide bonds. The average Bonchev–Trinajstić information content (AvgIpc) is 3.31. The number of anilines is 2. The predicted octanol–water partition coefficient (Wildman–Crippen LogP) is 0.982. The highest BCUT2D eigenvalue weighted by atomic mass is 16.3. The Morgan fingerprint density at radius 3 is 2.76 bits per heavy atom. The first kappa shape index (κ1) is 22.7. The molecule has 1 aliphatic rings. The molecule has 2 aromatic heterocycles. The lowest BCUT2D eigenvalue weighted by Gasteiger charge is -2.34. The third kappa shape index (κ3) is 5.29. The number of aromatic nitrogens is 3. The van der Waals surface area contributed by atoms with Crippen molar-refractivity contribution < 1.29 is 14.7 Å². The van der Waals surface area contributed by atoms with E-state index in [1.165, 1.54) is 13.3 Å². The van der Waals surface area contributed by atoms with Gasteiger partial charge in [0, 0.05) is 70.2 Å². The van der Waals surface area contributed by atoms with Crippen LogP contribution in [-0.2, 0) is 4.79 Å². The number of nitrogens with zero attached hydrogens (tertiary/aromatic N) is 5. The van der Waals surface area contributed by atoms with Gasteiger partial charge in [0.1, 0.15) is 17.8 Å². The number of rotatable bonds is 8. The van der Waals surface area contributed by atoms with Crippen LogP contribution in [0.3, 0.4) is 0 Å². The number of benzene rings is 1. The standard InChI is InChI=1S/C23H29N7O3/c1-17(32)24-7-8-30(22-20-5-6-25-21(20)26-16-27-22)19-4-2-3-18(15-19)23(33)29-11-9-28(10-12-29)13-14-31/h2-6,15-16,31H,7-14H2,1H3,(H,24,32)(H,25,26,27). The number of amides is 2. The van der Waals surface area contributed by atoms with E-state index in [2.05, 4.69) is 25.2 Å². The number of H-pyrrole nitrogens is 1. The summed E-state index contributed by atoms with van der Waals surface area (Å²) in [7, 11) is 0. The Kier molecular flexibility index (Phi) is 7.16. The van der Waals surface area contributed by atoms with Crippen LogP contribution in [0.25, 0.3) is 11.0 Å². The number of aliphatic hydroxyl groups excluding tert-OH is 1. The molecule has 0 saturated carbocycles. The van der Waals surface area contributed by atoms with Crippen molar-refractivity contribution >= 4 is 34.4 Å². The highest BCUT2D eigenvalue weighted by Crippen LogP contribution is 2.29. The molecule has 3 aromatic rings. The van der Waals surface area contributed by atoms with E-state index in [4.69, 9.17) is 5.11 Å². The minimum atomic E-state index is -0.103. The van der Waals surface area contributed by atoms with Crippen molar-refractivity contribution in [2.45, 2.75) is 6.92 Å². The van der Waals surface area contributed by atoms with Gasteiger partial charge in [-0.05, 0) is 24.3 Å². The van der Waals surface area contributed by atoms with E-state index < -0.39 is 0 Å². The van der Waals surface area contributed by atoms with Gasteiger partial charge in [-0.25, -0.2) is 9.97 Å². The predicted molar refractivity (Wildman–Crippen MR) is 125 cm³/mol. The van der Waals surface area contributed by atoms with Crippen LogP contribution in [0.2, 0.25) is 0 Å². The molecule has 174 valence electrons. The summed E-state index contributed by atoms with van der Waals surface area (Å²) in [5, 5.41) is 12.8. The Labute approximate surface area is 192 Å². The number of hydrogen-bond donors (Lipinski definition) is 3. The van der Waals surface area contributed by atoms with E-state index in [9.17, 15) is 9.59 Å². The number of fused-ring (bicyclic) bond motifs is 1. The van der Waals surface area contributed by atoms with Crippen LogP contribution in [0, 0.1) is 0 Å². The van der Waals surface area contributed by atoms with Crippen LogP contribution >= 0.6 is 0 Å². The zero-order chi connectivity index (χ0) is 23.2. The van der Waals surface area contributed by atoms with Crippen molar-refractivity contribution in [3.63, 3.8) is 0 Å². The smallest absolute Gasteiger partial charge is 0.254 e. The van der Waals surface area contributed by atoms with Crippen LogP contribution in [0.1, 0.15) is 17.3 Å². The molecule has 1 saturated heterocycles. The van der Waals surface area contributed by atoms with Crippen LogP contribution in [0.5, 0.6) is 0 Å². The molecule has 0 aliphatic carbocycles. The topological polar surface area (TPSA) is 118 Å². The third-order valence-corrected chi connectivity index (χ3v) is 5.78. The first-order valence-electron chi connectivity index (χ1n) is 11.1. The minimum Gasteiger partial charge on any atom is -0.395 e. The molecule has 1 aromatic carbocycles. The van der Waals surface area contributed by atoms with Gasteiger partial charge in [0.25, 0.3) is 5.91 Å². The first-order valence-corrected chi connectivity index (χ1v) is 11.1. The van der Waals surface area contributed by atoms with E-state index >= 15 is 0 Å². The van der Waals surface area contributed by atoms with Gasteiger partial charge in [-0.3, -0.25) is 14.5 Å². The van der Waals surface area contributed by atoms with Crippen LogP contribution in [0.4, 0.5) is 11.5 Å². The number of carbonyl (C=O) groups excluding carboxylic acids is 2. The molecule has 3 N–H and O–H groups in total. The van der Waals surface area contributed by atoms with Crippen LogP contribution < -0.4 is 10.2 Å². The Hall–Kier alpha value is -3.50. The second-order valence-corrected chi connectivity index (χ2v) is 7.98. The Morgan fingerprint density at radius 2 is 2.00 bits per heavy atom. The number of nitrogens with one attached hydrogen (secondary N) is 2. The molecule has 0 bridgehead atoms. The zero-order valence-electron chi connectivity index (χ0n) is 18.7. The fraction of sp³-hybridized carbons (Fsp3) is 0.391. The van der Waals surface area contributed by atoms with Gasteiger partial charge in [0.15, 0.2) is 0 Å². The van der Waals surface area contributed by atoms with Gasteiger partial charge in [-0.1, -0.05) is 6.07 Å². The van der Waals surface area contributed by atoms with E-state index in [0.717, 1.165) is 29.8 Å². The molecular formula is C23H29N7O3.